The van der Waals surface area contributed by atoms with E-state index >= 15 is 0 Å². The quantitative estimate of drug-likeness (QED) is 0.273. The first-order valence-corrected chi connectivity index (χ1v) is 9.87. The van der Waals surface area contributed by atoms with Gasteiger partial charge in [0, 0.05) is 17.8 Å². The number of nitrogens with zero attached hydrogens (tertiary/aromatic N) is 2. The second-order valence-corrected chi connectivity index (χ2v) is 7.08. The number of amides is 2. The number of thiazole rings is 1. The number of carbonyl (C=O) groups excluding carboxylic acids is 2. The van der Waals surface area contributed by atoms with Crippen molar-refractivity contribution in [3.05, 3.63) is 45.6 Å². The summed E-state index contributed by atoms with van der Waals surface area (Å²) in [5, 5.41) is 16.1. The molecule has 1 heterocycles. The molecule has 0 aliphatic rings. The van der Waals surface area contributed by atoms with Crippen LogP contribution in [0.2, 0.25) is 0 Å². The molecule has 11 nitrogen and oxygen atoms in total. The Bertz CT molecular complexity index is 903. The molecule has 0 aliphatic heterocycles. The van der Waals surface area contributed by atoms with E-state index in [4.69, 9.17) is 15.2 Å². The van der Waals surface area contributed by atoms with Gasteiger partial charge < -0.3 is 20.5 Å². The van der Waals surface area contributed by atoms with Gasteiger partial charge in [0.25, 0.3) is 11.8 Å². The third kappa shape index (κ3) is 6.84. The Labute approximate surface area is 176 Å². The Morgan fingerprint density at radius 2 is 2.07 bits per heavy atom. The molecule has 0 bridgehead atoms. The average Bonchev–Trinajstić information content (AvgIpc) is 3.08. The van der Waals surface area contributed by atoms with Gasteiger partial charge in [0.05, 0.1) is 24.7 Å². The average molecular weight is 437 g/mol. The molecule has 1 unspecified atom stereocenters. The number of aryl methyl sites for hydroxylation is 1. The molecule has 0 radical (unpaired) electrons. The normalized spacial score (nSPS) is 11.7. The number of carbonyl (C=O) groups is 2. The van der Waals surface area contributed by atoms with Gasteiger partial charge in [0.2, 0.25) is 0 Å². The van der Waals surface area contributed by atoms with Gasteiger partial charge in [0.15, 0.2) is 5.13 Å². The van der Waals surface area contributed by atoms with Crippen molar-refractivity contribution >= 4 is 39.0 Å². The number of nitrogens with two attached hydrogens (primary N) is 1. The van der Waals surface area contributed by atoms with Crippen molar-refractivity contribution in [1.82, 2.24) is 4.98 Å². The summed E-state index contributed by atoms with van der Waals surface area (Å²) in [4.78, 5) is 39.0. The molecule has 2 aromatic rings. The van der Waals surface area contributed by atoms with E-state index in [0.717, 1.165) is 11.3 Å². The minimum absolute atomic E-state index is 0.123. The number of nitro groups is 1. The maximum absolute atomic E-state index is 12.4. The number of anilines is 2. The second-order valence-electron chi connectivity index (χ2n) is 6.10. The zero-order chi connectivity index (χ0) is 22.1. The molecule has 2 rings (SSSR count). The molecular weight excluding hydrogens is 414 g/mol. The van der Waals surface area contributed by atoms with E-state index in [-0.39, 0.29) is 33.9 Å². The van der Waals surface area contributed by atoms with E-state index in [1.807, 2.05) is 0 Å². The van der Waals surface area contributed by atoms with Crippen LogP contribution in [0.25, 0.3) is 0 Å². The number of rotatable bonds is 11. The van der Waals surface area contributed by atoms with Crippen LogP contribution in [0, 0.1) is 17.0 Å². The van der Waals surface area contributed by atoms with Crippen LogP contribution >= 0.6 is 11.3 Å². The summed E-state index contributed by atoms with van der Waals surface area (Å²) in [6.45, 7) is 4.52. The molecule has 0 saturated carbocycles. The van der Waals surface area contributed by atoms with Gasteiger partial charge in [-0.25, -0.2) is 4.98 Å². The lowest BCUT2D eigenvalue weighted by atomic mass is 10.2. The molecule has 0 saturated heterocycles. The van der Waals surface area contributed by atoms with Crippen molar-refractivity contribution in [1.29, 1.82) is 0 Å². The second kappa shape index (κ2) is 11.3. The van der Waals surface area contributed by atoms with E-state index in [1.54, 1.807) is 25.1 Å². The number of aromatic nitrogens is 1. The Hall–Kier alpha value is -2.93. The monoisotopic (exact) mass is 437 g/mol. The van der Waals surface area contributed by atoms with Crippen LogP contribution in [0.1, 0.15) is 23.0 Å². The summed E-state index contributed by atoms with van der Waals surface area (Å²) >= 11 is 0.776. The number of benzene rings is 1. The molecule has 162 valence electrons. The van der Waals surface area contributed by atoms with Crippen LogP contribution in [0.15, 0.2) is 24.3 Å². The minimum Gasteiger partial charge on any atom is -0.378 e. The van der Waals surface area contributed by atoms with Gasteiger partial charge in [-0.2, -0.15) is 0 Å². The fourth-order valence-corrected chi connectivity index (χ4v) is 3.08. The molecule has 1 aromatic carbocycles. The predicted molar refractivity (Wildman–Crippen MR) is 112 cm³/mol. The predicted octanol–water partition coefficient (Wildman–Crippen LogP) is 1.93. The van der Waals surface area contributed by atoms with E-state index in [1.165, 1.54) is 13.0 Å². The summed E-state index contributed by atoms with van der Waals surface area (Å²) < 4.78 is 10.6. The largest absolute Gasteiger partial charge is 0.378 e. The van der Waals surface area contributed by atoms with Crippen LogP contribution in [-0.4, -0.2) is 54.2 Å². The van der Waals surface area contributed by atoms with Crippen molar-refractivity contribution in [3.8, 4) is 0 Å². The maximum atomic E-state index is 12.4. The first kappa shape index (κ1) is 23.3. The summed E-state index contributed by atoms with van der Waals surface area (Å²) in [5.41, 5.74) is 6.20. The number of ether oxygens (including phenoxy) is 2. The molecule has 0 aliphatic carbocycles. The van der Waals surface area contributed by atoms with E-state index in [9.17, 15) is 19.7 Å². The van der Waals surface area contributed by atoms with Crippen molar-refractivity contribution in [2.45, 2.75) is 20.0 Å². The molecule has 1 aromatic heterocycles. The molecule has 0 spiro atoms. The standard InChI is InChI=1S/C18H23N5O6S/c1-11-17(23(26)27)30-18(20-11)22-16(25)13-4-3-5-14(10-13)21-15(24)12(2)29-9-8-28-7-6-19/h3-5,10,12H,6-9,19H2,1-2H3,(H,21,24)(H,20,22,25). The minimum atomic E-state index is -0.720. The Kier molecular flexibility index (Phi) is 8.80. The van der Waals surface area contributed by atoms with Crippen molar-refractivity contribution in [2.75, 3.05) is 37.0 Å². The molecule has 12 heteroatoms. The van der Waals surface area contributed by atoms with Gasteiger partial charge in [-0.1, -0.05) is 6.07 Å². The molecule has 1 atom stereocenters. The van der Waals surface area contributed by atoms with Crippen molar-refractivity contribution in [2.24, 2.45) is 5.73 Å². The topological polar surface area (TPSA) is 159 Å². The zero-order valence-electron chi connectivity index (χ0n) is 16.5. The van der Waals surface area contributed by atoms with Gasteiger partial charge in [0.1, 0.15) is 11.8 Å². The number of hydrogen-bond donors (Lipinski definition) is 3. The third-order valence-corrected chi connectivity index (χ3v) is 4.80. The maximum Gasteiger partial charge on any atom is 0.348 e. The highest BCUT2D eigenvalue weighted by Crippen LogP contribution is 2.30. The molecule has 4 N–H and O–H groups in total. The Morgan fingerprint density at radius 1 is 1.30 bits per heavy atom. The van der Waals surface area contributed by atoms with Crippen molar-refractivity contribution in [3.63, 3.8) is 0 Å². The van der Waals surface area contributed by atoms with Crippen LogP contribution in [0.4, 0.5) is 15.8 Å². The highest BCUT2D eigenvalue weighted by atomic mass is 32.1. The third-order valence-electron chi connectivity index (χ3n) is 3.78. The van der Waals surface area contributed by atoms with Gasteiger partial charge in [-0.3, -0.25) is 25.0 Å². The van der Waals surface area contributed by atoms with Crippen LogP contribution < -0.4 is 16.4 Å². The first-order chi connectivity index (χ1) is 14.3. The zero-order valence-corrected chi connectivity index (χ0v) is 17.4. The molecular formula is C18H23N5O6S. The highest BCUT2D eigenvalue weighted by Gasteiger charge is 2.20. The summed E-state index contributed by atoms with van der Waals surface area (Å²) in [5.74, 6) is -0.881. The van der Waals surface area contributed by atoms with Crippen molar-refractivity contribution < 1.29 is 24.0 Å². The summed E-state index contributed by atoms with van der Waals surface area (Å²) in [6, 6.07) is 6.27. The summed E-state index contributed by atoms with van der Waals surface area (Å²) in [6.07, 6.45) is -0.720. The highest BCUT2D eigenvalue weighted by molar-refractivity contribution is 7.19. The van der Waals surface area contributed by atoms with Crippen LogP contribution in [-0.2, 0) is 14.3 Å². The lowest BCUT2D eigenvalue weighted by molar-refractivity contribution is -0.380. The first-order valence-electron chi connectivity index (χ1n) is 9.05. The van der Waals surface area contributed by atoms with Crippen LogP contribution in [0.3, 0.4) is 0 Å². The van der Waals surface area contributed by atoms with Crippen LogP contribution in [0.5, 0.6) is 0 Å². The SMILES string of the molecule is Cc1nc(NC(=O)c2cccc(NC(=O)C(C)OCCOCCN)c2)sc1[N+](=O)[O-]. The van der Waals surface area contributed by atoms with Gasteiger partial charge in [-0.15, -0.1) is 0 Å². The lowest BCUT2D eigenvalue weighted by Gasteiger charge is -2.14. The summed E-state index contributed by atoms with van der Waals surface area (Å²) in [7, 11) is 0. The molecule has 2 amide bonds. The number of hydrogen-bond acceptors (Lipinski definition) is 9. The van der Waals surface area contributed by atoms with Gasteiger partial charge in [-0.05, 0) is 43.4 Å². The Morgan fingerprint density at radius 3 is 2.73 bits per heavy atom. The fourth-order valence-electron chi connectivity index (χ4n) is 2.31. The van der Waals surface area contributed by atoms with E-state index < -0.39 is 16.9 Å². The smallest absolute Gasteiger partial charge is 0.348 e. The Balaban J connectivity index is 1.93. The fraction of sp³-hybridized carbons (Fsp3) is 0.389. The molecule has 30 heavy (non-hydrogen) atoms. The number of nitrogens with one attached hydrogen (secondary N) is 2. The van der Waals surface area contributed by atoms with E-state index in [0.29, 0.717) is 25.4 Å². The molecule has 0 fully saturated rings. The lowest BCUT2D eigenvalue weighted by Crippen LogP contribution is -2.29. The van der Waals surface area contributed by atoms with E-state index in [2.05, 4.69) is 15.6 Å². The van der Waals surface area contributed by atoms with Gasteiger partial charge >= 0.3 is 5.00 Å².